The monoisotopic (exact) mass is 583 g/mol. The Bertz CT molecular complexity index is 809. The summed E-state index contributed by atoms with van der Waals surface area (Å²) in [6, 6.07) is -4.57. The van der Waals surface area contributed by atoms with Crippen molar-refractivity contribution in [3.05, 3.63) is 0 Å². The molecule has 2 saturated heterocycles. The fourth-order valence-electron chi connectivity index (χ4n) is 5.27. The fourth-order valence-corrected chi connectivity index (χ4v) is 5.27. The second-order valence-electron chi connectivity index (χ2n) is 10.4. The van der Waals surface area contributed by atoms with Crippen LogP contribution in [0.1, 0.15) is 12.8 Å². The molecule has 3 aliphatic rings. The van der Waals surface area contributed by atoms with E-state index in [1.165, 1.54) is 0 Å². The zero-order valence-corrected chi connectivity index (χ0v) is 22.0. The topological polar surface area (TPSA) is 333 Å². The van der Waals surface area contributed by atoms with Crippen molar-refractivity contribution in [3.63, 3.8) is 0 Å². The number of rotatable bonds is 11. The third kappa shape index (κ3) is 7.54. The van der Waals surface area contributed by atoms with Gasteiger partial charge in [0.15, 0.2) is 18.5 Å². The third-order valence-corrected chi connectivity index (χ3v) is 7.51. The van der Waals surface area contributed by atoms with E-state index in [9.17, 15) is 35.7 Å². The molecule has 2 aliphatic heterocycles. The molecular weight excluding hydrogens is 538 g/mol. The van der Waals surface area contributed by atoms with Crippen molar-refractivity contribution in [1.82, 2.24) is 5.32 Å². The number of nitrogens with zero attached hydrogens (tertiary/aromatic N) is 1. The Morgan fingerprint density at radius 3 is 2.08 bits per heavy atom. The molecule has 2 heterocycles. The molecule has 40 heavy (non-hydrogen) atoms. The number of nitrogens with two attached hydrogens (primary N) is 5. The first-order valence-electron chi connectivity index (χ1n) is 13.2. The fraction of sp³-hybridized carbons (Fsp3) is 0.955. The van der Waals surface area contributed by atoms with Crippen LogP contribution in [0.2, 0.25) is 0 Å². The van der Waals surface area contributed by atoms with Crippen LogP contribution < -0.4 is 34.0 Å². The van der Waals surface area contributed by atoms with E-state index in [0.29, 0.717) is 0 Å². The van der Waals surface area contributed by atoms with Gasteiger partial charge >= 0.3 is 0 Å². The summed E-state index contributed by atoms with van der Waals surface area (Å²) < 4.78 is 23.4. The van der Waals surface area contributed by atoms with Crippen LogP contribution in [0.3, 0.4) is 0 Å². The Morgan fingerprint density at radius 2 is 1.50 bits per heavy atom. The molecule has 0 aromatic carbocycles. The Balaban J connectivity index is 1.87. The maximum absolute atomic E-state index is 11.5. The summed E-state index contributed by atoms with van der Waals surface area (Å²) in [5, 5.41) is 74.4. The minimum absolute atomic E-state index is 0.0364. The molecule has 0 radical (unpaired) electrons. The predicted octanol–water partition coefficient (Wildman–Crippen LogP) is -8.00. The second-order valence-corrected chi connectivity index (χ2v) is 10.4. The van der Waals surface area contributed by atoms with E-state index >= 15 is 0 Å². The molecule has 18 nitrogen and oxygen atoms in total. The molecule has 3 fully saturated rings. The normalized spacial score (nSPS) is 44.5. The summed E-state index contributed by atoms with van der Waals surface area (Å²) in [5.74, 6) is -0.279. The van der Waals surface area contributed by atoms with Gasteiger partial charge in [-0.15, -0.1) is 0 Å². The lowest BCUT2D eigenvalue weighted by molar-refractivity contribution is -0.316. The van der Waals surface area contributed by atoms with E-state index in [1.807, 2.05) is 0 Å². The molecule has 0 unspecified atom stereocenters. The van der Waals surface area contributed by atoms with E-state index in [4.69, 9.17) is 47.6 Å². The van der Waals surface area contributed by atoms with Crippen molar-refractivity contribution < 1.29 is 54.7 Å². The predicted molar refractivity (Wildman–Crippen MR) is 137 cm³/mol. The van der Waals surface area contributed by atoms with Gasteiger partial charge in [-0.25, -0.2) is 4.99 Å². The number of aliphatic imine (C=N–C) groups is 1. The van der Waals surface area contributed by atoms with Crippen LogP contribution in [0.15, 0.2) is 4.99 Å². The van der Waals surface area contributed by atoms with Gasteiger partial charge in [-0.2, -0.15) is 0 Å². The Morgan fingerprint density at radius 1 is 0.875 bits per heavy atom. The molecule has 234 valence electrons. The van der Waals surface area contributed by atoms with Crippen LogP contribution in [-0.2, 0) is 18.9 Å². The SMILES string of the molecule is NC[C@H]1O[C@H](O[C@H]2[C@H](O)[C@@H](O[C@H]3O[C@H](CO)[C@@H](O)[C@H](N)[C@H]3O)[C@H](NC(CO)CO)C[C@@H]2N)[C@H](N=C(N)N)C[C@@H]1O. The largest absolute Gasteiger partial charge is 0.395 e. The number of ether oxygens (including phenoxy) is 4. The first-order valence-corrected chi connectivity index (χ1v) is 13.2. The third-order valence-electron chi connectivity index (χ3n) is 7.51. The highest BCUT2D eigenvalue weighted by Crippen LogP contribution is 2.32. The maximum Gasteiger partial charge on any atom is 0.186 e. The first-order chi connectivity index (χ1) is 18.9. The molecule has 0 aromatic rings. The Labute approximate surface area is 231 Å². The van der Waals surface area contributed by atoms with Gasteiger partial charge in [0.05, 0.1) is 44.1 Å². The highest BCUT2D eigenvalue weighted by molar-refractivity contribution is 5.75. The number of aliphatic hydroxyl groups is 7. The lowest BCUT2D eigenvalue weighted by atomic mass is 9.83. The van der Waals surface area contributed by atoms with E-state index < -0.39 is 111 Å². The van der Waals surface area contributed by atoms with E-state index in [-0.39, 0.29) is 25.3 Å². The van der Waals surface area contributed by atoms with Crippen molar-refractivity contribution in [3.8, 4) is 0 Å². The van der Waals surface area contributed by atoms with Crippen LogP contribution >= 0.6 is 0 Å². The number of guanidine groups is 1. The Kier molecular flexibility index (Phi) is 12.2. The highest BCUT2D eigenvalue weighted by Gasteiger charge is 2.51. The summed E-state index contributed by atoms with van der Waals surface area (Å²) in [5.41, 5.74) is 29.1. The van der Waals surface area contributed by atoms with Gasteiger partial charge in [0.1, 0.15) is 42.7 Å². The molecule has 0 aromatic heterocycles. The highest BCUT2D eigenvalue weighted by atomic mass is 16.7. The zero-order chi connectivity index (χ0) is 29.7. The van der Waals surface area contributed by atoms with Crippen LogP contribution in [0.4, 0.5) is 0 Å². The van der Waals surface area contributed by atoms with Crippen molar-refractivity contribution in [1.29, 1.82) is 0 Å². The van der Waals surface area contributed by atoms with Crippen LogP contribution in [0.5, 0.6) is 0 Å². The van der Waals surface area contributed by atoms with Gasteiger partial charge in [0.2, 0.25) is 0 Å². The average Bonchev–Trinajstić information content (AvgIpc) is 2.92. The number of nitrogens with one attached hydrogen (secondary N) is 1. The minimum Gasteiger partial charge on any atom is -0.395 e. The number of hydrogen-bond donors (Lipinski definition) is 13. The summed E-state index contributed by atoms with van der Waals surface area (Å²) in [4.78, 5) is 4.07. The summed E-state index contributed by atoms with van der Waals surface area (Å²) in [7, 11) is 0. The minimum atomic E-state index is -1.55. The van der Waals surface area contributed by atoms with Crippen molar-refractivity contribution in [2.24, 2.45) is 33.7 Å². The molecular formula is C22H45N7O11. The van der Waals surface area contributed by atoms with Crippen molar-refractivity contribution >= 4 is 5.96 Å². The number of aliphatic hydroxyl groups excluding tert-OH is 7. The van der Waals surface area contributed by atoms with E-state index in [1.54, 1.807) is 0 Å². The first kappa shape index (κ1) is 33.2. The summed E-state index contributed by atoms with van der Waals surface area (Å²) in [6.45, 7) is -1.55. The van der Waals surface area contributed by atoms with Crippen LogP contribution in [0.25, 0.3) is 0 Å². The smallest absolute Gasteiger partial charge is 0.186 e. The van der Waals surface area contributed by atoms with Gasteiger partial charge in [-0.3, -0.25) is 0 Å². The maximum atomic E-state index is 11.5. The average molecular weight is 584 g/mol. The Hall–Kier alpha value is -1.33. The number of hydrogen-bond acceptors (Lipinski definition) is 16. The molecule has 18 heteroatoms. The lowest BCUT2D eigenvalue weighted by Crippen LogP contribution is -2.69. The quantitative estimate of drug-likeness (QED) is 0.0792. The van der Waals surface area contributed by atoms with Crippen LogP contribution in [-0.4, -0.2) is 160 Å². The lowest BCUT2D eigenvalue weighted by Gasteiger charge is -2.49. The van der Waals surface area contributed by atoms with E-state index in [0.717, 1.165) is 0 Å². The molecule has 0 spiro atoms. The van der Waals surface area contributed by atoms with Gasteiger partial charge in [-0.1, -0.05) is 0 Å². The molecule has 1 saturated carbocycles. The van der Waals surface area contributed by atoms with E-state index in [2.05, 4.69) is 10.3 Å². The summed E-state index contributed by atoms with van der Waals surface area (Å²) in [6.07, 6.45) is -12.4. The molecule has 0 amide bonds. The van der Waals surface area contributed by atoms with Gasteiger partial charge in [0, 0.05) is 25.0 Å². The van der Waals surface area contributed by atoms with Crippen molar-refractivity contribution in [2.45, 2.75) is 104 Å². The van der Waals surface area contributed by atoms with Crippen LogP contribution in [0, 0.1) is 0 Å². The second kappa shape index (κ2) is 14.7. The van der Waals surface area contributed by atoms with Gasteiger partial charge < -0.3 is 88.7 Å². The van der Waals surface area contributed by atoms with Gasteiger partial charge in [-0.05, 0) is 6.42 Å². The molecule has 0 bridgehead atoms. The van der Waals surface area contributed by atoms with Crippen molar-refractivity contribution in [2.75, 3.05) is 26.4 Å². The molecule has 14 atom stereocenters. The molecule has 3 rings (SSSR count). The van der Waals surface area contributed by atoms with Gasteiger partial charge in [0.25, 0.3) is 0 Å². The molecule has 1 aliphatic carbocycles. The zero-order valence-electron chi connectivity index (χ0n) is 22.0. The standard InChI is InChI=1S/C22H45N7O11/c23-3-12-11(33)2-10(29-22(26)27)20(37-12)39-18-8(24)1-9(28-7(4-30)5-31)19(17(18)36)40-21-16(35)14(25)15(34)13(6-32)38-21/h7-21,28,30-36H,1-6,23-25H2,(H4,26,27,29)/t8-,9+,10+,11-,12+,13+,14-,15+,16+,17-,18+,19-,20+,21+/m0/s1. The summed E-state index contributed by atoms with van der Waals surface area (Å²) >= 11 is 0. The molecule has 18 N–H and O–H groups in total.